The van der Waals surface area contributed by atoms with Crippen LogP contribution in [0.4, 0.5) is 5.00 Å². The highest BCUT2D eigenvalue weighted by molar-refractivity contribution is 7.16. The molecule has 1 atom stereocenters. The predicted octanol–water partition coefficient (Wildman–Crippen LogP) is 4.97. The number of amides is 1. The minimum atomic E-state index is 0.00509. The van der Waals surface area contributed by atoms with Crippen molar-refractivity contribution in [2.45, 2.75) is 45.6 Å². The fraction of sp³-hybridized carbons (Fsp3) is 0.522. The Morgan fingerprint density at radius 3 is 2.66 bits per heavy atom. The van der Waals surface area contributed by atoms with Gasteiger partial charge in [-0.3, -0.25) is 9.69 Å². The van der Waals surface area contributed by atoms with Gasteiger partial charge in [0.25, 0.3) is 0 Å². The van der Waals surface area contributed by atoms with Gasteiger partial charge in [0.1, 0.15) is 5.00 Å². The number of halogens is 1. The van der Waals surface area contributed by atoms with Crippen LogP contribution >= 0.6 is 22.9 Å². The van der Waals surface area contributed by atoms with E-state index in [9.17, 15) is 4.79 Å². The van der Waals surface area contributed by atoms with Crippen LogP contribution in [0.3, 0.4) is 0 Å². The summed E-state index contributed by atoms with van der Waals surface area (Å²) in [5, 5.41) is 4.97. The average Bonchev–Trinajstić information content (AvgIpc) is 3.06. The van der Waals surface area contributed by atoms with Gasteiger partial charge in [-0.15, -0.1) is 11.3 Å². The van der Waals surface area contributed by atoms with Crippen molar-refractivity contribution in [1.82, 2.24) is 9.80 Å². The minimum absolute atomic E-state index is 0.00509. The van der Waals surface area contributed by atoms with Crippen molar-refractivity contribution in [3.8, 4) is 0 Å². The molecular weight excluding hydrogens is 402 g/mol. The summed E-state index contributed by atoms with van der Waals surface area (Å²) in [7, 11) is 0. The molecule has 2 aliphatic rings. The Kier molecular flexibility index (Phi) is 6.60. The van der Waals surface area contributed by atoms with Crippen molar-refractivity contribution in [1.29, 1.82) is 0 Å². The zero-order valence-corrected chi connectivity index (χ0v) is 18.9. The van der Waals surface area contributed by atoms with Crippen LogP contribution in [0.1, 0.15) is 54.3 Å². The van der Waals surface area contributed by atoms with Crippen molar-refractivity contribution >= 4 is 33.8 Å². The lowest BCUT2D eigenvalue weighted by molar-refractivity contribution is -0.114. The molecule has 6 heteroatoms. The third kappa shape index (κ3) is 4.53. The molecule has 1 aliphatic heterocycles. The summed E-state index contributed by atoms with van der Waals surface area (Å²) >= 11 is 8.19. The second-order valence-corrected chi connectivity index (χ2v) is 9.60. The number of benzene rings is 1. The monoisotopic (exact) mass is 431 g/mol. The lowest BCUT2D eigenvalue weighted by Crippen LogP contribution is -2.47. The molecular formula is C23H30ClN3OS. The highest BCUT2D eigenvalue weighted by Crippen LogP contribution is 2.45. The van der Waals surface area contributed by atoms with Gasteiger partial charge in [-0.1, -0.05) is 30.7 Å². The lowest BCUT2D eigenvalue weighted by Gasteiger charge is -2.40. The maximum absolute atomic E-state index is 12.0. The molecule has 0 saturated carbocycles. The molecule has 0 bridgehead atoms. The zero-order chi connectivity index (χ0) is 20.4. The number of likely N-dealkylation sites (N-methyl/N-ethyl adjacent to an activating group) is 1. The Hall–Kier alpha value is -1.40. The molecule has 1 aromatic carbocycles. The van der Waals surface area contributed by atoms with Crippen molar-refractivity contribution in [3.63, 3.8) is 0 Å². The van der Waals surface area contributed by atoms with Crippen LogP contribution in [0.15, 0.2) is 24.3 Å². The maximum Gasteiger partial charge on any atom is 0.221 e. The number of rotatable bonds is 5. The third-order valence-corrected chi connectivity index (χ3v) is 7.62. The van der Waals surface area contributed by atoms with Gasteiger partial charge in [0, 0.05) is 48.6 Å². The van der Waals surface area contributed by atoms with Gasteiger partial charge >= 0.3 is 0 Å². The standard InChI is InChI=1S/C23H30ClN3OS/c1-3-26-11-13-27(14-12-26)22(17-7-6-8-18(24)15-17)21-19-9-4-5-10-20(19)29-23(21)25-16(2)28/h6-8,15,22H,3-5,9-14H2,1-2H3,(H,25,28). The van der Waals surface area contributed by atoms with Crippen LogP contribution in [0.2, 0.25) is 5.02 Å². The molecule has 2 heterocycles. The number of aryl methyl sites for hydroxylation is 1. The van der Waals surface area contributed by atoms with E-state index in [0.717, 1.165) is 55.6 Å². The first-order chi connectivity index (χ1) is 14.1. The highest BCUT2D eigenvalue weighted by Gasteiger charge is 2.33. The fourth-order valence-corrected chi connectivity index (χ4v) is 6.27. The first kappa shape index (κ1) is 20.9. The predicted molar refractivity (Wildman–Crippen MR) is 122 cm³/mol. The number of thiophene rings is 1. The van der Waals surface area contributed by atoms with Crippen LogP contribution in [0.5, 0.6) is 0 Å². The summed E-state index contributed by atoms with van der Waals surface area (Å²) in [6.07, 6.45) is 4.69. The van der Waals surface area contributed by atoms with E-state index in [-0.39, 0.29) is 11.9 Å². The number of nitrogens with one attached hydrogen (secondary N) is 1. The first-order valence-electron chi connectivity index (χ1n) is 10.7. The number of carbonyl (C=O) groups is 1. The minimum Gasteiger partial charge on any atom is -0.318 e. The SMILES string of the molecule is CCN1CCN(C(c2cccc(Cl)c2)c2c(NC(C)=O)sc3c2CCCC3)CC1. The number of nitrogens with zero attached hydrogens (tertiary/aromatic N) is 2. The number of fused-ring (bicyclic) bond motifs is 1. The second-order valence-electron chi connectivity index (χ2n) is 8.06. The number of anilines is 1. The molecule has 1 fully saturated rings. The molecule has 1 aromatic heterocycles. The van der Waals surface area contributed by atoms with E-state index in [2.05, 4.69) is 34.2 Å². The van der Waals surface area contributed by atoms with Gasteiger partial charge < -0.3 is 10.2 Å². The van der Waals surface area contributed by atoms with E-state index in [0.29, 0.717) is 0 Å². The number of piperazine rings is 1. The van der Waals surface area contributed by atoms with E-state index in [1.165, 1.54) is 34.4 Å². The quantitative estimate of drug-likeness (QED) is 0.726. The average molecular weight is 432 g/mol. The van der Waals surface area contributed by atoms with Gasteiger partial charge in [-0.2, -0.15) is 0 Å². The van der Waals surface area contributed by atoms with Gasteiger partial charge in [-0.25, -0.2) is 0 Å². The summed E-state index contributed by atoms with van der Waals surface area (Å²) in [5.41, 5.74) is 4.00. The summed E-state index contributed by atoms with van der Waals surface area (Å²) in [5.74, 6) is 0.00509. The number of hydrogen-bond acceptors (Lipinski definition) is 4. The Morgan fingerprint density at radius 1 is 1.21 bits per heavy atom. The van der Waals surface area contributed by atoms with Crippen molar-refractivity contribution in [2.24, 2.45) is 0 Å². The van der Waals surface area contributed by atoms with Crippen molar-refractivity contribution < 1.29 is 4.79 Å². The Balaban J connectivity index is 1.81. The maximum atomic E-state index is 12.0. The molecule has 1 aliphatic carbocycles. The molecule has 156 valence electrons. The van der Waals surface area contributed by atoms with Gasteiger partial charge in [0.15, 0.2) is 0 Å². The number of carbonyl (C=O) groups excluding carboxylic acids is 1. The molecule has 29 heavy (non-hydrogen) atoms. The lowest BCUT2D eigenvalue weighted by atomic mass is 9.88. The molecule has 1 N–H and O–H groups in total. The van der Waals surface area contributed by atoms with Crippen LogP contribution in [0.25, 0.3) is 0 Å². The van der Waals surface area contributed by atoms with E-state index in [4.69, 9.17) is 11.6 Å². The van der Waals surface area contributed by atoms with Gasteiger partial charge in [0.2, 0.25) is 5.91 Å². The van der Waals surface area contributed by atoms with Crippen molar-refractivity contribution in [2.75, 3.05) is 38.0 Å². The fourth-order valence-electron chi connectivity index (χ4n) is 4.71. The van der Waals surface area contributed by atoms with Crippen LogP contribution in [-0.4, -0.2) is 48.4 Å². The van der Waals surface area contributed by atoms with E-state index in [1.807, 2.05) is 12.1 Å². The largest absolute Gasteiger partial charge is 0.318 e. The molecule has 4 nitrogen and oxygen atoms in total. The molecule has 2 aromatic rings. The Bertz CT molecular complexity index is 873. The van der Waals surface area contributed by atoms with E-state index < -0.39 is 0 Å². The topological polar surface area (TPSA) is 35.6 Å². The van der Waals surface area contributed by atoms with Crippen LogP contribution in [0, 0.1) is 0 Å². The van der Waals surface area contributed by atoms with Crippen LogP contribution < -0.4 is 5.32 Å². The molecule has 0 radical (unpaired) electrons. The Labute approximate surface area is 182 Å². The summed E-state index contributed by atoms with van der Waals surface area (Å²) in [4.78, 5) is 18.5. The Morgan fingerprint density at radius 2 is 1.97 bits per heavy atom. The molecule has 1 amide bonds. The van der Waals surface area contributed by atoms with Crippen LogP contribution in [-0.2, 0) is 17.6 Å². The second kappa shape index (κ2) is 9.17. The summed E-state index contributed by atoms with van der Waals surface area (Å²) in [6, 6.07) is 8.40. The molecule has 1 saturated heterocycles. The molecule has 4 rings (SSSR count). The van der Waals surface area contributed by atoms with Gasteiger partial charge in [0.05, 0.1) is 6.04 Å². The van der Waals surface area contributed by atoms with E-state index in [1.54, 1.807) is 18.3 Å². The summed E-state index contributed by atoms with van der Waals surface area (Å²) < 4.78 is 0. The van der Waals surface area contributed by atoms with Crippen molar-refractivity contribution in [3.05, 3.63) is 50.9 Å². The molecule has 0 spiro atoms. The molecule has 1 unspecified atom stereocenters. The first-order valence-corrected chi connectivity index (χ1v) is 11.9. The zero-order valence-electron chi connectivity index (χ0n) is 17.3. The summed E-state index contributed by atoms with van der Waals surface area (Å²) in [6.45, 7) is 9.14. The smallest absolute Gasteiger partial charge is 0.221 e. The van der Waals surface area contributed by atoms with Gasteiger partial charge in [-0.05, 0) is 55.5 Å². The highest BCUT2D eigenvalue weighted by atomic mass is 35.5. The normalized spacial score (nSPS) is 19.0. The van der Waals surface area contributed by atoms with E-state index >= 15 is 0 Å². The number of hydrogen-bond donors (Lipinski definition) is 1. The third-order valence-electron chi connectivity index (χ3n) is 6.16.